The highest BCUT2D eigenvalue weighted by molar-refractivity contribution is 5.84. The van der Waals surface area contributed by atoms with E-state index in [1.807, 2.05) is 6.07 Å². The Hall–Kier alpha value is -2.43. The molecule has 5 heteroatoms. The minimum atomic E-state index is -1.04. The molecule has 24 heavy (non-hydrogen) atoms. The summed E-state index contributed by atoms with van der Waals surface area (Å²) < 4.78 is 11.6. The van der Waals surface area contributed by atoms with Gasteiger partial charge in [0.1, 0.15) is 17.6 Å². The van der Waals surface area contributed by atoms with Crippen LogP contribution in [0.1, 0.15) is 42.6 Å². The Labute approximate surface area is 141 Å². The van der Waals surface area contributed by atoms with Crippen LogP contribution < -0.4 is 9.64 Å². The first-order valence-electron chi connectivity index (χ1n) is 8.34. The van der Waals surface area contributed by atoms with Crippen molar-refractivity contribution < 1.29 is 19.1 Å². The van der Waals surface area contributed by atoms with E-state index in [1.165, 1.54) is 11.6 Å². The molecule has 0 amide bonds. The Morgan fingerprint density at radius 3 is 2.75 bits per heavy atom. The third-order valence-corrected chi connectivity index (χ3v) is 4.41. The molecule has 0 aliphatic carbocycles. The number of carboxylic acids is 1. The van der Waals surface area contributed by atoms with Gasteiger partial charge < -0.3 is 19.2 Å². The highest BCUT2D eigenvalue weighted by atomic mass is 16.5. The van der Waals surface area contributed by atoms with Crippen LogP contribution in [-0.4, -0.2) is 23.7 Å². The van der Waals surface area contributed by atoms with Crippen LogP contribution in [0.5, 0.6) is 5.75 Å². The van der Waals surface area contributed by atoms with E-state index >= 15 is 0 Å². The minimum Gasteiger partial charge on any atom is -0.486 e. The Balaban J connectivity index is 1.91. The largest absolute Gasteiger partial charge is 0.486 e. The van der Waals surface area contributed by atoms with Gasteiger partial charge >= 0.3 is 5.97 Å². The Morgan fingerprint density at radius 1 is 1.33 bits per heavy atom. The second-order valence-corrected chi connectivity index (χ2v) is 6.51. The van der Waals surface area contributed by atoms with Crippen molar-refractivity contribution in [1.29, 1.82) is 0 Å². The monoisotopic (exact) mass is 329 g/mol. The molecule has 1 aromatic carbocycles. The van der Waals surface area contributed by atoms with Gasteiger partial charge in [0.2, 0.25) is 5.76 Å². The fraction of sp³-hybridized carbons (Fsp3) is 0.421. The Morgan fingerprint density at radius 2 is 2.12 bits per heavy atom. The SMILES string of the molecule is CCc1ccc2c(c1)N(Cc1ccc(C(=O)O)o1)CC(C(C)C)O2. The highest BCUT2D eigenvalue weighted by Crippen LogP contribution is 2.37. The summed E-state index contributed by atoms with van der Waals surface area (Å²) in [5.41, 5.74) is 2.29. The van der Waals surface area contributed by atoms with Crippen LogP contribution >= 0.6 is 0 Å². The number of rotatable bonds is 5. The maximum atomic E-state index is 11.0. The molecule has 0 saturated heterocycles. The molecule has 2 heterocycles. The molecule has 128 valence electrons. The summed E-state index contributed by atoms with van der Waals surface area (Å²) in [4.78, 5) is 13.2. The zero-order valence-corrected chi connectivity index (χ0v) is 14.3. The number of aromatic carboxylic acids is 1. The van der Waals surface area contributed by atoms with E-state index in [1.54, 1.807) is 6.07 Å². The van der Waals surface area contributed by atoms with Crippen molar-refractivity contribution >= 4 is 11.7 Å². The number of aryl methyl sites for hydroxylation is 1. The second kappa shape index (κ2) is 6.59. The van der Waals surface area contributed by atoms with Gasteiger partial charge in [-0.15, -0.1) is 0 Å². The van der Waals surface area contributed by atoms with E-state index in [4.69, 9.17) is 14.3 Å². The van der Waals surface area contributed by atoms with Crippen molar-refractivity contribution in [3.63, 3.8) is 0 Å². The van der Waals surface area contributed by atoms with Crippen LogP contribution in [-0.2, 0) is 13.0 Å². The van der Waals surface area contributed by atoms with Gasteiger partial charge in [0.05, 0.1) is 18.8 Å². The molecule has 0 spiro atoms. The van der Waals surface area contributed by atoms with E-state index in [0.717, 1.165) is 24.4 Å². The molecule has 2 aromatic rings. The quantitative estimate of drug-likeness (QED) is 0.899. The number of hydrogen-bond donors (Lipinski definition) is 1. The van der Waals surface area contributed by atoms with Gasteiger partial charge in [-0.1, -0.05) is 26.8 Å². The van der Waals surface area contributed by atoms with Crippen LogP contribution in [0, 0.1) is 5.92 Å². The minimum absolute atomic E-state index is 0.0267. The van der Waals surface area contributed by atoms with Crippen LogP contribution in [0.15, 0.2) is 34.7 Å². The van der Waals surface area contributed by atoms with Gasteiger partial charge in [0.25, 0.3) is 0 Å². The van der Waals surface area contributed by atoms with Crippen LogP contribution in [0.25, 0.3) is 0 Å². The predicted octanol–water partition coefficient (Wildman–Crippen LogP) is 3.96. The molecule has 1 aromatic heterocycles. The maximum Gasteiger partial charge on any atom is 0.371 e. The summed E-state index contributed by atoms with van der Waals surface area (Å²) in [6.07, 6.45) is 1.05. The highest BCUT2D eigenvalue weighted by Gasteiger charge is 2.28. The van der Waals surface area contributed by atoms with Gasteiger partial charge in [-0.25, -0.2) is 4.79 Å². The normalized spacial score (nSPS) is 16.8. The molecular weight excluding hydrogens is 306 g/mol. The summed E-state index contributed by atoms with van der Waals surface area (Å²) in [5.74, 6) is 0.836. The molecule has 1 unspecified atom stereocenters. The lowest BCUT2D eigenvalue weighted by molar-refractivity contribution is 0.0660. The van der Waals surface area contributed by atoms with E-state index < -0.39 is 5.97 Å². The summed E-state index contributed by atoms with van der Waals surface area (Å²) in [6, 6.07) is 9.50. The molecule has 0 radical (unpaired) electrons. The Kier molecular flexibility index (Phi) is 4.51. The van der Waals surface area contributed by atoms with Crippen LogP contribution in [0.3, 0.4) is 0 Å². The molecule has 1 aliphatic rings. The average Bonchev–Trinajstić information content (AvgIpc) is 3.03. The van der Waals surface area contributed by atoms with Crippen molar-refractivity contribution in [3.8, 4) is 5.75 Å². The molecule has 5 nitrogen and oxygen atoms in total. The molecule has 3 rings (SSSR count). The lowest BCUT2D eigenvalue weighted by Gasteiger charge is -2.37. The topological polar surface area (TPSA) is 62.9 Å². The van der Waals surface area contributed by atoms with Gasteiger partial charge in [0.15, 0.2) is 0 Å². The average molecular weight is 329 g/mol. The number of fused-ring (bicyclic) bond motifs is 1. The van der Waals surface area contributed by atoms with E-state index in [9.17, 15) is 4.79 Å². The van der Waals surface area contributed by atoms with Crippen molar-refractivity contribution in [1.82, 2.24) is 0 Å². The molecular formula is C19H23NO4. The zero-order valence-electron chi connectivity index (χ0n) is 14.3. The fourth-order valence-electron chi connectivity index (χ4n) is 2.91. The van der Waals surface area contributed by atoms with Gasteiger partial charge in [-0.05, 0) is 42.2 Å². The summed E-state index contributed by atoms with van der Waals surface area (Å²) in [6.45, 7) is 7.69. The molecule has 1 N–H and O–H groups in total. The lowest BCUT2D eigenvalue weighted by atomic mass is 10.0. The number of ether oxygens (including phenoxy) is 1. The first kappa shape index (κ1) is 16.4. The maximum absolute atomic E-state index is 11.0. The first-order valence-corrected chi connectivity index (χ1v) is 8.34. The number of furan rings is 1. The van der Waals surface area contributed by atoms with Gasteiger partial charge in [-0.3, -0.25) is 0 Å². The molecule has 1 aliphatic heterocycles. The van der Waals surface area contributed by atoms with E-state index in [-0.39, 0.29) is 11.9 Å². The van der Waals surface area contributed by atoms with Crippen molar-refractivity contribution in [2.75, 3.05) is 11.4 Å². The smallest absolute Gasteiger partial charge is 0.371 e. The van der Waals surface area contributed by atoms with Crippen molar-refractivity contribution in [3.05, 3.63) is 47.4 Å². The standard InChI is InChI=1S/C19H23NO4/c1-4-13-5-7-16-15(9-13)20(11-18(24-16)12(2)3)10-14-6-8-17(23-14)19(21)22/h5-9,12,18H,4,10-11H2,1-3H3,(H,21,22). The number of hydrogen-bond acceptors (Lipinski definition) is 4. The molecule has 0 bridgehead atoms. The number of nitrogens with zero attached hydrogens (tertiary/aromatic N) is 1. The number of anilines is 1. The predicted molar refractivity (Wildman–Crippen MR) is 91.8 cm³/mol. The van der Waals surface area contributed by atoms with Crippen molar-refractivity contribution in [2.24, 2.45) is 5.92 Å². The third-order valence-electron chi connectivity index (χ3n) is 4.41. The summed E-state index contributed by atoms with van der Waals surface area (Å²) in [7, 11) is 0. The van der Waals surface area contributed by atoms with Gasteiger partial charge in [-0.2, -0.15) is 0 Å². The lowest BCUT2D eigenvalue weighted by Crippen LogP contribution is -2.42. The molecule has 0 fully saturated rings. The third kappa shape index (κ3) is 3.25. The zero-order chi connectivity index (χ0) is 17.3. The fourth-order valence-corrected chi connectivity index (χ4v) is 2.91. The summed E-state index contributed by atoms with van der Waals surface area (Å²) >= 11 is 0. The Bertz CT molecular complexity index is 735. The number of benzene rings is 1. The number of carboxylic acid groups (broad SMARTS) is 1. The van der Waals surface area contributed by atoms with Crippen LogP contribution in [0.4, 0.5) is 5.69 Å². The number of carbonyl (C=O) groups is 1. The summed E-state index contributed by atoms with van der Waals surface area (Å²) in [5, 5.41) is 9.02. The van der Waals surface area contributed by atoms with E-state index in [0.29, 0.717) is 18.2 Å². The first-order chi connectivity index (χ1) is 11.5. The second-order valence-electron chi connectivity index (χ2n) is 6.51. The van der Waals surface area contributed by atoms with Crippen molar-refractivity contribution in [2.45, 2.75) is 39.8 Å². The van der Waals surface area contributed by atoms with E-state index in [2.05, 4.69) is 37.8 Å². The molecule has 0 saturated carbocycles. The van der Waals surface area contributed by atoms with Gasteiger partial charge in [0, 0.05) is 0 Å². The van der Waals surface area contributed by atoms with Crippen LogP contribution in [0.2, 0.25) is 0 Å². The molecule has 1 atom stereocenters.